The fourth-order valence-corrected chi connectivity index (χ4v) is 2.11. The Labute approximate surface area is 132 Å². The third kappa shape index (κ3) is 4.39. The van der Waals surface area contributed by atoms with Gasteiger partial charge in [0.05, 0.1) is 6.54 Å². The van der Waals surface area contributed by atoms with Crippen LogP contribution in [0.5, 0.6) is 0 Å². The number of Topliss-reactive ketones (excluding diaryl/α,β-unsaturated/α-hetero) is 1. The molecular weight excluding hydrogens is 304 g/mol. The molecule has 0 aliphatic rings. The largest absolute Gasteiger partial charge is 0.306 e. The van der Waals surface area contributed by atoms with Crippen LogP contribution in [0.2, 0.25) is 5.02 Å². The number of carbonyl (C=O) groups is 2. The van der Waals surface area contributed by atoms with Gasteiger partial charge in [0.1, 0.15) is 0 Å². The zero-order chi connectivity index (χ0) is 15.9. The van der Waals surface area contributed by atoms with Crippen LogP contribution >= 0.6 is 11.6 Å². The van der Waals surface area contributed by atoms with E-state index < -0.39 is 5.91 Å². The van der Waals surface area contributed by atoms with Crippen LogP contribution in [0.25, 0.3) is 0 Å². The molecule has 0 fully saturated rings. The molecule has 5 nitrogen and oxygen atoms in total. The molecule has 22 heavy (non-hydrogen) atoms. The second-order valence-corrected chi connectivity index (χ2v) is 5.11. The Morgan fingerprint density at radius 2 is 1.77 bits per heavy atom. The maximum absolute atomic E-state index is 12.0. The highest BCUT2D eigenvalue weighted by atomic mass is 35.5. The fourth-order valence-electron chi connectivity index (χ4n) is 1.92. The second kappa shape index (κ2) is 7.70. The number of hydroxylamine groups is 1. The van der Waals surface area contributed by atoms with Crippen molar-refractivity contribution in [3.05, 3.63) is 70.2 Å². The maximum Gasteiger partial charge on any atom is 0.274 e. The van der Waals surface area contributed by atoms with Gasteiger partial charge < -0.3 is 5.32 Å². The summed E-state index contributed by atoms with van der Waals surface area (Å²) in [5.74, 6) is -0.602. The summed E-state index contributed by atoms with van der Waals surface area (Å²) in [6.07, 6.45) is 0. The number of rotatable bonds is 6. The van der Waals surface area contributed by atoms with Crippen molar-refractivity contribution >= 4 is 23.3 Å². The van der Waals surface area contributed by atoms with E-state index in [1.54, 1.807) is 54.0 Å². The van der Waals surface area contributed by atoms with E-state index in [0.29, 0.717) is 22.7 Å². The molecule has 0 unspecified atom stereocenters. The van der Waals surface area contributed by atoms with Gasteiger partial charge in [0.15, 0.2) is 5.78 Å². The first-order valence-electron chi connectivity index (χ1n) is 6.63. The molecule has 0 aromatic heterocycles. The molecule has 0 saturated heterocycles. The van der Waals surface area contributed by atoms with Crippen LogP contribution in [0.4, 0.5) is 0 Å². The molecule has 0 bridgehead atoms. The van der Waals surface area contributed by atoms with Crippen LogP contribution < -0.4 is 10.8 Å². The summed E-state index contributed by atoms with van der Waals surface area (Å²) >= 11 is 5.85. The van der Waals surface area contributed by atoms with Crippen LogP contribution in [-0.4, -0.2) is 23.4 Å². The van der Waals surface area contributed by atoms with Crippen molar-refractivity contribution in [1.82, 2.24) is 10.8 Å². The monoisotopic (exact) mass is 318 g/mol. The predicted molar refractivity (Wildman–Crippen MR) is 83.2 cm³/mol. The average Bonchev–Trinajstić information content (AvgIpc) is 2.54. The van der Waals surface area contributed by atoms with Gasteiger partial charge in [0, 0.05) is 22.7 Å². The normalized spacial score (nSPS) is 10.3. The summed E-state index contributed by atoms with van der Waals surface area (Å²) in [4.78, 5) is 23.1. The lowest BCUT2D eigenvalue weighted by Gasteiger charge is -2.06. The lowest BCUT2D eigenvalue weighted by atomic mass is 10.1. The van der Waals surface area contributed by atoms with E-state index in [1.807, 2.05) is 0 Å². The van der Waals surface area contributed by atoms with Gasteiger partial charge in [0.25, 0.3) is 5.91 Å². The summed E-state index contributed by atoms with van der Waals surface area (Å²) in [5.41, 5.74) is 3.42. The van der Waals surface area contributed by atoms with Gasteiger partial charge in [-0.3, -0.25) is 14.8 Å². The first kappa shape index (κ1) is 16.2. The van der Waals surface area contributed by atoms with Crippen LogP contribution in [0.1, 0.15) is 26.3 Å². The molecule has 2 aromatic carbocycles. The van der Waals surface area contributed by atoms with Gasteiger partial charge in [0.2, 0.25) is 0 Å². The van der Waals surface area contributed by atoms with Crippen molar-refractivity contribution in [1.29, 1.82) is 0 Å². The molecule has 0 aliphatic heterocycles. The Morgan fingerprint density at radius 3 is 2.41 bits per heavy atom. The van der Waals surface area contributed by atoms with Crippen LogP contribution in [0.3, 0.4) is 0 Å². The molecule has 2 rings (SSSR count). The topological polar surface area (TPSA) is 78.4 Å². The lowest BCUT2D eigenvalue weighted by molar-refractivity contribution is 0.0706. The maximum atomic E-state index is 12.0. The number of nitrogens with one attached hydrogen (secondary N) is 2. The van der Waals surface area contributed by atoms with Crippen molar-refractivity contribution in [2.75, 3.05) is 6.54 Å². The van der Waals surface area contributed by atoms with Crippen LogP contribution in [-0.2, 0) is 6.54 Å². The molecule has 2 aromatic rings. The van der Waals surface area contributed by atoms with Gasteiger partial charge in [-0.1, -0.05) is 35.9 Å². The van der Waals surface area contributed by atoms with Crippen molar-refractivity contribution in [3.8, 4) is 0 Å². The smallest absolute Gasteiger partial charge is 0.274 e. The molecular formula is C16H15ClN2O3. The molecule has 0 spiro atoms. The van der Waals surface area contributed by atoms with Gasteiger partial charge in [-0.2, -0.15) is 0 Å². The second-order valence-electron chi connectivity index (χ2n) is 4.67. The van der Waals surface area contributed by atoms with Crippen molar-refractivity contribution in [2.45, 2.75) is 6.54 Å². The van der Waals surface area contributed by atoms with Gasteiger partial charge in [-0.05, 0) is 29.8 Å². The van der Waals surface area contributed by atoms with E-state index in [4.69, 9.17) is 16.8 Å². The number of benzene rings is 2. The Bertz CT molecular complexity index is 671. The van der Waals surface area contributed by atoms with Gasteiger partial charge in [-0.15, -0.1) is 0 Å². The van der Waals surface area contributed by atoms with Crippen LogP contribution in [0.15, 0.2) is 48.5 Å². The minimum atomic E-state index is -0.560. The number of hydrogen-bond acceptors (Lipinski definition) is 4. The Kier molecular flexibility index (Phi) is 5.66. The van der Waals surface area contributed by atoms with Crippen molar-refractivity contribution < 1.29 is 14.8 Å². The molecule has 1 amide bonds. The first-order chi connectivity index (χ1) is 10.6. The summed E-state index contributed by atoms with van der Waals surface area (Å²) in [6, 6.07) is 13.5. The number of amides is 1. The molecule has 114 valence electrons. The number of carbonyl (C=O) groups excluding carboxylic acids is 2. The molecule has 0 atom stereocenters. The molecule has 6 heteroatoms. The SMILES string of the molecule is O=C(CNCc1ccc(C(=O)NO)cc1)c1cccc(Cl)c1. The Hall–Kier alpha value is -2.21. The van der Waals surface area contributed by atoms with E-state index >= 15 is 0 Å². The van der Waals surface area contributed by atoms with Crippen LogP contribution in [0, 0.1) is 0 Å². The summed E-state index contributed by atoms with van der Waals surface area (Å²) < 4.78 is 0. The standard InChI is InChI=1S/C16H15ClN2O3/c17-14-3-1-2-13(8-14)15(20)10-18-9-11-4-6-12(7-5-11)16(21)19-22/h1-8,18,22H,9-10H2,(H,19,21). The molecule has 0 saturated carbocycles. The van der Waals surface area contributed by atoms with E-state index in [0.717, 1.165) is 5.56 Å². The highest BCUT2D eigenvalue weighted by Crippen LogP contribution is 2.11. The minimum Gasteiger partial charge on any atom is -0.306 e. The molecule has 0 radical (unpaired) electrons. The summed E-state index contributed by atoms with van der Waals surface area (Å²) in [5, 5.41) is 12.1. The molecule has 3 N–H and O–H groups in total. The van der Waals surface area contributed by atoms with E-state index in [1.165, 1.54) is 0 Å². The van der Waals surface area contributed by atoms with Gasteiger partial charge in [-0.25, -0.2) is 5.48 Å². The number of hydrogen-bond donors (Lipinski definition) is 3. The first-order valence-corrected chi connectivity index (χ1v) is 7.01. The van der Waals surface area contributed by atoms with Crippen molar-refractivity contribution in [2.24, 2.45) is 0 Å². The minimum absolute atomic E-state index is 0.0428. The third-order valence-corrected chi connectivity index (χ3v) is 3.31. The molecule has 0 aliphatic carbocycles. The Morgan fingerprint density at radius 1 is 1.05 bits per heavy atom. The zero-order valence-electron chi connectivity index (χ0n) is 11.7. The van der Waals surface area contributed by atoms with Crippen molar-refractivity contribution in [3.63, 3.8) is 0 Å². The van der Waals surface area contributed by atoms with E-state index in [2.05, 4.69) is 5.32 Å². The Balaban J connectivity index is 1.86. The predicted octanol–water partition coefficient (Wildman–Crippen LogP) is 2.43. The number of halogens is 1. The fraction of sp³-hybridized carbons (Fsp3) is 0.125. The quantitative estimate of drug-likeness (QED) is 0.434. The van der Waals surface area contributed by atoms with Gasteiger partial charge >= 0.3 is 0 Å². The van der Waals surface area contributed by atoms with E-state index in [-0.39, 0.29) is 12.3 Å². The number of ketones is 1. The zero-order valence-corrected chi connectivity index (χ0v) is 12.4. The average molecular weight is 319 g/mol. The summed E-state index contributed by atoms with van der Waals surface area (Å²) in [6.45, 7) is 0.687. The summed E-state index contributed by atoms with van der Waals surface area (Å²) in [7, 11) is 0. The molecule has 0 heterocycles. The van der Waals surface area contributed by atoms with E-state index in [9.17, 15) is 9.59 Å². The third-order valence-electron chi connectivity index (χ3n) is 3.08. The lowest BCUT2D eigenvalue weighted by Crippen LogP contribution is -2.23. The highest BCUT2D eigenvalue weighted by molar-refractivity contribution is 6.31. The highest BCUT2D eigenvalue weighted by Gasteiger charge is 2.06.